The van der Waals surface area contributed by atoms with E-state index in [1.54, 1.807) is 24.5 Å². The second-order valence-electron chi connectivity index (χ2n) is 4.76. The Kier molecular flexibility index (Phi) is 5.54. The molecule has 1 aromatic heterocycles. The number of nitrogens with one attached hydrogen (secondary N) is 2. The Morgan fingerprint density at radius 2 is 1.95 bits per heavy atom. The van der Waals surface area contributed by atoms with Crippen molar-refractivity contribution in [3.8, 4) is 0 Å². The van der Waals surface area contributed by atoms with Crippen LogP contribution in [0.1, 0.15) is 16.9 Å². The van der Waals surface area contributed by atoms with Crippen molar-refractivity contribution in [1.29, 1.82) is 0 Å². The van der Waals surface area contributed by atoms with Gasteiger partial charge in [-0.25, -0.2) is 0 Å². The highest BCUT2D eigenvalue weighted by molar-refractivity contribution is 5.94. The molecule has 2 aromatic rings. The number of furan rings is 1. The quantitative estimate of drug-likeness (QED) is 0.802. The molecule has 1 aromatic carbocycles. The molecule has 0 radical (unpaired) electrons. The van der Waals surface area contributed by atoms with Crippen LogP contribution >= 0.6 is 0 Å². The Morgan fingerprint density at radius 3 is 2.68 bits per heavy atom. The lowest BCUT2D eigenvalue weighted by Gasteiger charge is -2.04. The highest BCUT2D eigenvalue weighted by atomic mass is 16.3. The molecule has 0 bridgehead atoms. The zero-order valence-electron chi connectivity index (χ0n) is 12.3. The summed E-state index contributed by atoms with van der Waals surface area (Å²) in [5, 5.41) is 5.19. The van der Waals surface area contributed by atoms with E-state index >= 15 is 0 Å². The van der Waals surface area contributed by atoms with Crippen molar-refractivity contribution < 1.29 is 14.0 Å². The zero-order chi connectivity index (χ0) is 15.8. The first-order chi connectivity index (χ1) is 10.6. The summed E-state index contributed by atoms with van der Waals surface area (Å²) in [5.74, 6) is 0.0876. The van der Waals surface area contributed by atoms with Crippen molar-refractivity contribution >= 4 is 17.9 Å². The van der Waals surface area contributed by atoms with E-state index in [1.807, 2.05) is 31.2 Å². The van der Waals surface area contributed by atoms with Crippen LogP contribution in [0.15, 0.2) is 53.2 Å². The number of aryl methyl sites for hydroxylation is 1. The van der Waals surface area contributed by atoms with E-state index in [-0.39, 0.29) is 18.4 Å². The fraction of sp³-hybridized carbons (Fsp3) is 0.176. The van der Waals surface area contributed by atoms with Crippen molar-refractivity contribution in [3.63, 3.8) is 0 Å². The van der Waals surface area contributed by atoms with E-state index in [2.05, 4.69) is 10.6 Å². The van der Waals surface area contributed by atoms with Crippen LogP contribution < -0.4 is 10.6 Å². The Bertz CT molecular complexity index is 660. The maximum absolute atomic E-state index is 11.7. The maximum Gasteiger partial charge on any atom is 0.244 e. The number of rotatable bonds is 6. The van der Waals surface area contributed by atoms with Crippen LogP contribution in [0.2, 0.25) is 0 Å². The van der Waals surface area contributed by atoms with Crippen LogP contribution in [0, 0.1) is 6.92 Å². The number of carbonyl (C=O) groups excluding carboxylic acids is 2. The Hall–Kier alpha value is -2.82. The maximum atomic E-state index is 11.7. The standard InChI is InChI=1S/C17H18N2O3/c1-13-5-2-3-6-14(13)8-9-16(20)19-12-17(21)18-11-15-7-4-10-22-15/h2-10H,11-12H2,1H3,(H,18,21)(H,19,20). The Balaban J connectivity index is 1.73. The summed E-state index contributed by atoms with van der Waals surface area (Å²) >= 11 is 0. The fourth-order valence-electron chi connectivity index (χ4n) is 1.83. The highest BCUT2D eigenvalue weighted by Crippen LogP contribution is 2.08. The molecule has 5 nitrogen and oxygen atoms in total. The van der Waals surface area contributed by atoms with Gasteiger partial charge in [0.1, 0.15) is 5.76 Å². The molecule has 0 saturated carbocycles. The minimum absolute atomic E-state index is 0.0718. The first-order valence-electron chi connectivity index (χ1n) is 6.96. The molecule has 1 heterocycles. The summed E-state index contributed by atoms with van der Waals surface area (Å²) in [6.07, 6.45) is 4.69. The molecule has 5 heteroatoms. The molecule has 2 rings (SSSR count). The van der Waals surface area contributed by atoms with Gasteiger partial charge in [0.15, 0.2) is 0 Å². The van der Waals surface area contributed by atoms with Crippen molar-refractivity contribution in [2.24, 2.45) is 0 Å². The van der Waals surface area contributed by atoms with E-state index in [4.69, 9.17) is 4.42 Å². The summed E-state index contributed by atoms with van der Waals surface area (Å²) < 4.78 is 5.09. The van der Waals surface area contributed by atoms with Gasteiger partial charge in [0.25, 0.3) is 0 Å². The third kappa shape index (κ3) is 4.94. The number of amides is 2. The van der Waals surface area contributed by atoms with E-state index in [9.17, 15) is 9.59 Å². The van der Waals surface area contributed by atoms with E-state index in [0.29, 0.717) is 12.3 Å². The first kappa shape index (κ1) is 15.6. The third-order valence-corrected chi connectivity index (χ3v) is 3.07. The molecule has 114 valence electrons. The monoisotopic (exact) mass is 298 g/mol. The van der Waals surface area contributed by atoms with E-state index in [0.717, 1.165) is 11.1 Å². The minimum Gasteiger partial charge on any atom is -0.467 e. The average Bonchev–Trinajstić information content (AvgIpc) is 3.03. The van der Waals surface area contributed by atoms with Crippen LogP contribution in [0.25, 0.3) is 6.08 Å². The van der Waals surface area contributed by atoms with Gasteiger partial charge in [-0.3, -0.25) is 9.59 Å². The molecule has 0 unspecified atom stereocenters. The fourth-order valence-corrected chi connectivity index (χ4v) is 1.83. The van der Waals surface area contributed by atoms with Crippen LogP contribution in [0.5, 0.6) is 0 Å². The van der Waals surface area contributed by atoms with E-state index < -0.39 is 0 Å². The molecule has 0 atom stereocenters. The summed E-state index contributed by atoms with van der Waals surface area (Å²) in [6, 6.07) is 11.3. The van der Waals surface area contributed by atoms with Gasteiger partial charge in [0.05, 0.1) is 19.4 Å². The predicted octanol–water partition coefficient (Wildman–Crippen LogP) is 2.03. The molecule has 22 heavy (non-hydrogen) atoms. The minimum atomic E-state index is -0.309. The van der Waals surface area contributed by atoms with Crippen molar-refractivity contribution in [2.45, 2.75) is 13.5 Å². The summed E-state index contributed by atoms with van der Waals surface area (Å²) in [6.45, 7) is 2.21. The second-order valence-corrected chi connectivity index (χ2v) is 4.76. The van der Waals surface area contributed by atoms with Gasteiger partial charge in [-0.05, 0) is 36.3 Å². The van der Waals surface area contributed by atoms with Crippen LogP contribution in [0.3, 0.4) is 0 Å². The molecule has 0 aliphatic rings. The summed E-state index contributed by atoms with van der Waals surface area (Å²) in [7, 11) is 0. The Labute approximate surface area is 129 Å². The third-order valence-electron chi connectivity index (χ3n) is 3.07. The van der Waals surface area contributed by atoms with E-state index in [1.165, 1.54) is 6.08 Å². The predicted molar refractivity (Wildman–Crippen MR) is 83.8 cm³/mol. The molecule has 0 aliphatic heterocycles. The molecular formula is C17H18N2O3. The lowest BCUT2D eigenvalue weighted by atomic mass is 10.1. The van der Waals surface area contributed by atoms with Gasteiger partial charge in [-0.2, -0.15) is 0 Å². The zero-order valence-corrected chi connectivity index (χ0v) is 12.3. The number of benzene rings is 1. The number of carbonyl (C=O) groups is 2. The Morgan fingerprint density at radius 1 is 1.14 bits per heavy atom. The topological polar surface area (TPSA) is 71.3 Å². The number of hydrogen-bond acceptors (Lipinski definition) is 3. The van der Waals surface area contributed by atoms with Gasteiger partial charge in [-0.1, -0.05) is 24.3 Å². The second kappa shape index (κ2) is 7.83. The molecule has 2 amide bonds. The van der Waals surface area contributed by atoms with Gasteiger partial charge in [-0.15, -0.1) is 0 Å². The van der Waals surface area contributed by atoms with Gasteiger partial charge in [0, 0.05) is 6.08 Å². The molecule has 2 N–H and O–H groups in total. The van der Waals surface area contributed by atoms with Crippen molar-refractivity contribution in [2.75, 3.05) is 6.54 Å². The lowest BCUT2D eigenvalue weighted by Crippen LogP contribution is -2.35. The smallest absolute Gasteiger partial charge is 0.244 e. The normalized spacial score (nSPS) is 10.6. The summed E-state index contributed by atoms with van der Waals surface area (Å²) in [5.41, 5.74) is 2.06. The molecular weight excluding hydrogens is 280 g/mol. The van der Waals surface area contributed by atoms with Crippen LogP contribution in [-0.4, -0.2) is 18.4 Å². The lowest BCUT2D eigenvalue weighted by molar-refractivity contribution is -0.124. The van der Waals surface area contributed by atoms with Gasteiger partial charge in [0.2, 0.25) is 11.8 Å². The van der Waals surface area contributed by atoms with Crippen LogP contribution in [-0.2, 0) is 16.1 Å². The molecule has 0 saturated heterocycles. The SMILES string of the molecule is Cc1ccccc1C=CC(=O)NCC(=O)NCc1ccco1. The van der Waals surface area contributed by atoms with Crippen molar-refractivity contribution in [3.05, 3.63) is 65.6 Å². The molecule has 0 spiro atoms. The average molecular weight is 298 g/mol. The van der Waals surface area contributed by atoms with Gasteiger partial charge < -0.3 is 15.1 Å². The number of hydrogen-bond donors (Lipinski definition) is 2. The van der Waals surface area contributed by atoms with Crippen LogP contribution in [0.4, 0.5) is 0 Å². The van der Waals surface area contributed by atoms with Crippen molar-refractivity contribution in [1.82, 2.24) is 10.6 Å². The molecule has 0 aliphatic carbocycles. The van der Waals surface area contributed by atoms with Gasteiger partial charge >= 0.3 is 0 Å². The largest absolute Gasteiger partial charge is 0.467 e. The highest BCUT2D eigenvalue weighted by Gasteiger charge is 2.04. The summed E-state index contributed by atoms with van der Waals surface area (Å²) in [4.78, 5) is 23.2. The molecule has 0 fully saturated rings. The first-order valence-corrected chi connectivity index (χ1v) is 6.96.